The zero-order chi connectivity index (χ0) is 34.7. The Morgan fingerprint density at radius 2 is 1.46 bits per heavy atom. The van der Waals surface area contributed by atoms with E-state index >= 15 is 0 Å². The van der Waals surface area contributed by atoms with Crippen LogP contribution in [0.25, 0.3) is 20.8 Å². The Morgan fingerprint density at radius 3 is 2.08 bits per heavy atom. The SMILES string of the molecule is CC(=O)OC[C@H]1O[C@@H](Sc2sc(C(=O)c3ccc(C)cc3)c(N)c2-c2nc3ccccc3s2)[C@H](OC(C)=O)[C@@H](OC(C)=O)[C@@H]1OC(C)=O. The number of hydrogen-bond donors (Lipinski definition) is 1. The van der Waals surface area contributed by atoms with E-state index in [2.05, 4.69) is 0 Å². The van der Waals surface area contributed by atoms with Crippen LogP contribution in [0.1, 0.15) is 48.5 Å². The first kappa shape index (κ1) is 35.0. The lowest BCUT2D eigenvalue weighted by molar-refractivity contribution is -0.237. The first-order valence-corrected chi connectivity index (χ1v) is 17.2. The van der Waals surface area contributed by atoms with Crippen molar-refractivity contribution in [1.29, 1.82) is 0 Å². The summed E-state index contributed by atoms with van der Waals surface area (Å²) < 4.78 is 29.7. The van der Waals surface area contributed by atoms with Gasteiger partial charge >= 0.3 is 23.9 Å². The summed E-state index contributed by atoms with van der Waals surface area (Å²) in [6.45, 7) is 6.23. The highest BCUT2D eigenvalue weighted by atomic mass is 32.2. The van der Waals surface area contributed by atoms with Crippen molar-refractivity contribution < 1.29 is 47.7 Å². The van der Waals surface area contributed by atoms with Crippen molar-refractivity contribution in [1.82, 2.24) is 4.98 Å². The van der Waals surface area contributed by atoms with Crippen molar-refractivity contribution in [3.8, 4) is 10.6 Å². The molecule has 2 aromatic heterocycles. The zero-order valence-electron chi connectivity index (χ0n) is 26.5. The first-order valence-electron chi connectivity index (χ1n) is 14.7. The van der Waals surface area contributed by atoms with E-state index in [0.717, 1.165) is 52.7 Å². The number of esters is 4. The number of thioether (sulfide) groups is 1. The molecule has 0 unspecified atom stereocenters. The van der Waals surface area contributed by atoms with Crippen molar-refractivity contribution in [3.05, 3.63) is 64.5 Å². The molecule has 0 amide bonds. The van der Waals surface area contributed by atoms with Crippen LogP contribution >= 0.6 is 34.4 Å². The molecule has 1 aliphatic rings. The van der Waals surface area contributed by atoms with Gasteiger partial charge in [-0.15, -0.1) is 22.7 Å². The molecule has 252 valence electrons. The molecule has 5 atom stereocenters. The Hall–Kier alpha value is -4.31. The van der Waals surface area contributed by atoms with E-state index in [9.17, 15) is 24.0 Å². The highest BCUT2D eigenvalue weighted by molar-refractivity contribution is 8.01. The van der Waals surface area contributed by atoms with Gasteiger partial charge in [-0.3, -0.25) is 24.0 Å². The molecular formula is C33H32N2O10S3. The summed E-state index contributed by atoms with van der Waals surface area (Å²) in [4.78, 5) is 67.5. The number of para-hydroxylation sites is 1. The second kappa shape index (κ2) is 14.8. The number of nitrogens with two attached hydrogens (primary N) is 1. The molecule has 3 heterocycles. The van der Waals surface area contributed by atoms with Gasteiger partial charge in [-0.25, -0.2) is 4.98 Å². The van der Waals surface area contributed by atoms with Crippen molar-refractivity contribution in [3.63, 3.8) is 0 Å². The van der Waals surface area contributed by atoms with Crippen molar-refractivity contribution in [2.24, 2.45) is 0 Å². The van der Waals surface area contributed by atoms with E-state index < -0.39 is 53.7 Å². The monoisotopic (exact) mass is 712 g/mol. The van der Waals surface area contributed by atoms with Gasteiger partial charge < -0.3 is 29.4 Å². The third-order valence-electron chi connectivity index (χ3n) is 7.11. The Labute approximate surface area is 287 Å². The number of hydrogen-bond acceptors (Lipinski definition) is 15. The zero-order valence-corrected chi connectivity index (χ0v) is 29.0. The molecule has 1 aliphatic heterocycles. The summed E-state index contributed by atoms with van der Waals surface area (Å²) in [7, 11) is 0. The third-order valence-corrected chi connectivity index (χ3v) is 10.7. The second-order valence-electron chi connectivity index (χ2n) is 10.9. The molecule has 15 heteroatoms. The van der Waals surface area contributed by atoms with Crippen LogP contribution in [0.3, 0.4) is 0 Å². The van der Waals surface area contributed by atoms with Gasteiger partial charge in [-0.05, 0) is 19.1 Å². The standard InChI is InChI=1S/C33H32N2O10S3/c1-15-10-12-20(13-11-15)26(40)30-25(34)24(31-35-21-8-6-7-9-23(21)46-31)33(47-30)48-32-29(44-19(5)39)28(43-18(4)38)27(42-17(3)37)22(45-32)14-41-16(2)36/h6-13,22,27-29,32H,14,34H2,1-5H3/t22-,27-,28+,29-,32+/m1/s1. The number of ketones is 1. The smallest absolute Gasteiger partial charge is 0.303 e. The third kappa shape index (κ3) is 7.86. The molecule has 1 saturated heterocycles. The molecule has 4 aromatic rings. The minimum absolute atomic E-state index is 0.206. The number of rotatable bonds is 10. The lowest BCUT2D eigenvalue weighted by Crippen LogP contribution is -2.61. The van der Waals surface area contributed by atoms with Gasteiger partial charge in [-0.2, -0.15) is 0 Å². The molecular weight excluding hydrogens is 681 g/mol. The largest absolute Gasteiger partial charge is 0.463 e. The number of nitrogens with zero attached hydrogens (tertiary/aromatic N) is 1. The van der Waals surface area contributed by atoms with Crippen LogP contribution in [0.2, 0.25) is 0 Å². The maximum Gasteiger partial charge on any atom is 0.303 e. The molecule has 5 rings (SSSR count). The lowest BCUT2D eigenvalue weighted by atomic mass is 9.99. The number of carbonyl (C=O) groups is 5. The van der Waals surface area contributed by atoms with Crippen LogP contribution in [0, 0.1) is 6.92 Å². The fourth-order valence-electron chi connectivity index (χ4n) is 5.08. The molecule has 48 heavy (non-hydrogen) atoms. The number of benzene rings is 2. The van der Waals surface area contributed by atoms with Crippen LogP contribution in [0.15, 0.2) is 52.7 Å². The van der Waals surface area contributed by atoms with E-state index in [0.29, 0.717) is 20.3 Å². The summed E-state index contributed by atoms with van der Waals surface area (Å²) in [5, 5.41) is 0.543. The maximum atomic E-state index is 13.8. The van der Waals surface area contributed by atoms with Crippen molar-refractivity contribution >= 4 is 80.0 Å². The number of nitrogen functional groups attached to an aromatic ring is 1. The quantitative estimate of drug-likeness (QED) is 0.127. The summed E-state index contributed by atoms with van der Waals surface area (Å²) in [6.07, 6.45) is -5.10. The van der Waals surface area contributed by atoms with Crippen molar-refractivity contribution in [2.75, 3.05) is 12.3 Å². The predicted octanol–water partition coefficient (Wildman–Crippen LogP) is 5.32. The van der Waals surface area contributed by atoms with E-state index in [1.165, 1.54) is 25.2 Å². The van der Waals surface area contributed by atoms with Gasteiger partial charge in [0, 0.05) is 33.3 Å². The van der Waals surface area contributed by atoms with Crippen LogP contribution in [0.5, 0.6) is 0 Å². The summed E-state index contributed by atoms with van der Waals surface area (Å²) in [5.41, 5.74) is 8.48. The number of fused-ring (bicyclic) bond motifs is 1. The van der Waals surface area contributed by atoms with Gasteiger partial charge in [0.2, 0.25) is 5.78 Å². The maximum absolute atomic E-state index is 13.8. The predicted molar refractivity (Wildman–Crippen MR) is 180 cm³/mol. The average Bonchev–Trinajstić information content (AvgIpc) is 3.58. The number of ether oxygens (including phenoxy) is 5. The average molecular weight is 713 g/mol. The van der Waals surface area contributed by atoms with E-state index in [1.54, 1.807) is 12.1 Å². The van der Waals surface area contributed by atoms with Gasteiger partial charge in [0.1, 0.15) is 23.2 Å². The van der Waals surface area contributed by atoms with Gasteiger partial charge in [0.15, 0.2) is 18.3 Å². The van der Waals surface area contributed by atoms with Crippen LogP contribution < -0.4 is 5.73 Å². The number of carbonyl (C=O) groups excluding carboxylic acids is 5. The fraction of sp³-hybridized carbons (Fsp3) is 0.333. The summed E-state index contributed by atoms with van der Waals surface area (Å²) >= 11 is 3.57. The van der Waals surface area contributed by atoms with E-state index in [1.807, 2.05) is 43.3 Å². The Morgan fingerprint density at radius 1 is 0.833 bits per heavy atom. The molecule has 0 radical (unpaired) electrons. The second-order valence-corrected chi connectivity index (χ2v) is 14.3. The lowest BCUT2D eigenvalue weighted by Gasteiger charge is -2.44. The molecule has 0 spiro atoms. The van der Waals surface area contributed by atoms with Crippen molar-refractivity contribution in [2.45, 2.75) is 68.7 Å². The van der Waals surface area contributed by atoms with Gasteiger partial charge in [0.05, 0.1) is 30.6 Å². The molecule has 0 aliphatic carbocycles. The summed E-state index contributed by atoms with van der Waals surface area (Å²) in [5.74, 6) is -3.12. The molecule has 0 saturated carbocycles. The fourth-order valence-corrected chi connectivity index (χ4v) is 8.96. The molecule has 1 fully saturated rings. The molecule has 2 aromatic carbocycles. The highest BCUT2D eigenvalue weighted by Crippen LogP contribution is 2.50. The Kier molecular flexibility index (Phi) is 10.8. The normalized spacial score (nSPS) is 20.6. The number of thiophene rings is 1. The number of aromatic nitrogens is 1. The Bertz CT molecular complexity index is 1840. The van der Waals surface area contributed by atoms with E-state index in [4.69, 9.17) is 34.4 Å². The van der Waals surface area contributed by atoms with Gasteiger partial charge in [0.25, 0.3) is 0 Å². The van der Waals surface area contributed by atoms with Crippen LogP contribution in [-0.2, 0) is 42.9 Å². The van der Waals surface area contributed by atoms with Gasteiger partial charge in [-0.1, -0.05) is 53.7 Å². The first-order chi connectivity index (χ1) is 22.8. The molecule has 0 bridgehead atoms. The topological polar surface area (TPSA) is 170 Å². The highest BCUT2D eigenvalue weighted by Gasteiger charge is 2.53. The molecule has 2 N–H and O–H groups in total. The minimum atomic E-state index is -1.35. The van der Waals surface area contributed by atoms with E-state index in [-0.39, 0.29) is 23.0 Å². The number of anilines is 1. The minimum Gasteiger partial charge on any atom is -0.463 e. The summed E-state index contributed by atoms with van der Waals surface area (Å²) in [6, 6.07) is 14.6. The van der Waals surface area contributed by atoms with Crippen LogP contribution in [0.4, 0.5) is 5.69 Å². The number of aryl methyl sites for hydroxylation is 1. The Balaban J connectivity index is 1.64. The van der Waals surface area contributed by atoms with Crippen LogP contribution in [-0.4, -0.2) is 71.1 Å². The number of thiazole rings is 1. The molecule has 12 nitrogen and oxygen atoms in total.